The number of nitriles is 1. The number of aromatic nitrogens is 1. The Morgan fingerprint density at radius 1 is 1.22 bits per heavy atom. The van der Waals surface area contributed by atoms with Crippen LogP contribution < -0.4 is 5.73 Å². The van der Waals surface area contributed by atoms with E-state index >= 15 is 0 Å². The summed E-state index contributed by atoms with van der Waals surface area (Å²) in [5.41, 5.74) is 9.74. The number of ether oxygens (including phenoxy) is 1. The molecule has 0 bridgehead atoms. The maximum Gasteiger partial charge on any atom is 0.242 e. The molecule has 5 rings (SSSR count). The molecule has 2 aromatic rings. The van der Waals surface area contributed by atoms with E-state index in [1.807, 2.05) is 41.6 Å². The van der Waals surface area contributed by atoms with Crippen molar-refractivity contribution < 1.29 is 14.3 Å². The first-order valence-corrected chi connectivity index (χ1v) is 13.0. The van der Waals surface area contributed by atoms with E-state index in [-0.39, 0.29) is 35.1 Å². The lowest BCUT2D eigenvalue weighted by Crippen LogP contribution is -2.37. The van der Waals surface area contributed by atoms with Crippen molar-refractivity contribution in [2.45, 2.75) is 71.8 Å². The van der Waals surface area contributed by atoms with E-state index in [1.165, 1.54) is 0 Å². The van der Waals surface area contributed by atoms with Crippen molar-refractivity contribution in [3.63, 3.8) is 0 Å². The Bertz CT molecular complexity index is 1350. The number of likely N-dealkylation sites (tertiary alicyclic amines) is 1. The Morgan fingerprint density at radius 3 is 2.67 bits per heavy atom. The summed E-state index contributed by atoms with van der Waals surface area (Å²) in [6.07, 6.45) is 6.97. The summed E-state index contributed by atoms with van der Waals surface area (Å²) in [5, 5.41) is 11.0. The van der Waals surface area contributed by atoms with Crippen molar-refractivity contribution in [2.75, 3.05) is 13.1 Å². The number of hydrogen-bond donors (Lipinski definition) is 1. The highest BCUT2D eigenvalue weighted by molar-refractivity contribution is 6.01. The lowest BCUT2D eigenvalue weighted by Gasteiger charge is -2.37. The van der Waals surface area contributed by atoms with E-state index in [1.54, 1.807) is 0 Å². The molecule has 1 amide bonds. The first-order chi connectivity index (χ1) is 17.2. The molecule has 3 heterocycles. The maximum absolute atomic E-state index is 13.5. The molecule has 0 radical (unpaired) electrons. The third kappa shape index (κ3) is 4.09. The minimum atomic E-state index is -0.608. The zero-order chi connectivity index (χ0) is 25.6. The van der Waals surface area contributed by atoms with Crippen LogP contribution in [0.4, 0.5) is 0 Å². The number of para-hydroxylation sites is 1. The SMILES string of the molecule is CCc1cccc2c(C3C(C#N)=C(N)OC4=C3C(=O)CC(C)(C)C4)cn(CC(=O)N3CCCCC3)c12. The summed E-state index contributed by atoms with van der Waals surface area (Å²) in [6.45, 7) is 7.99. The van der Waals surface area contributed by atoms with Crippen molar-refractivity contribution in [3.8, 4) is 6.07 Å². The minimum Gasteiger partial charge on any atom is -0.444 e. The van der Waals surface area contributed by atoms with Crippen LogP contribution in [0, 0.1) is 16.7 Å². The number of nitrogens with zero attached hydrogens (tertiary/aromatic N) is 3. The topological polar surface area (TPSA) is 101 Å². The largest absolute Gasteiger partial charge is 0.444 e. The van der Waals surface area contributed by atoms with Gasteiger partial charge in [-0.15, -0.1) is 0 Å². The third-order valence-electron chi connectivity index (χ3n) is 7.79. The third-order valence-corrected chi connectivity index (χ3v) is 7.79. The van der Waals surface area contributed by atoms with Gasteiger partial charge in [0.1, 0.15) is 23.9 Å². The first-order valence-electron chi connectivity index (χ1n) is 13.0. The second kappa shape index (κ2) is 9.16. The quantitative estimate of drug-likeness (QED) is 0.677. The number of piperidine rings is 1. The Hall–Kier alpha value is -3.53. The van der Waals surface area contributed by atoms with Gasteiger partial charge in [-0.1, -0.05) is 39.0 Å². The van der Waals surface area contributed by atoms with E-state index in [0.29, 0.717) is 24.2 Å². The monoisotopic (exact) mass is 486 g/mol. The summed E-state index contributed by atoms with van der Waals surface area (Å²) < 4.78 is 7.90. The number of amides is 1. The predicted molar refractivity (Wildman–Crippen MR) is 137 cm³/mol. The summed E-state index contributed by atoms with van der Waals surface area (Å²) in [4.78, 5) is 28.7. The lowest BCUT2D eigenvalue weighted by atomic mass is 9.70. The number of nitrogens with two attached hydrogens (primary N) is 1. The highest BCUT2D eigenvalue weighted by Crippen LogP contribution is 2.49. The average molecular weight is 487 g/mol. The molecule has 0 spiro atoms. The number of aryl methyl sites for hydroxylation is 1. The Labute approximate surface area is 212 Å². The molecule has 1 aromatic heterocycles. The molecule has 188 valence electrons. The van der Waals surface area contributed by atoms with E-state index in [9.17, 15) is 14.9 Å². The van der Waals surface area contributed by atoms with Gasteiger partial charge < -0.3 is 19.9 Å². The van der Waals surface area contributed by atoms with Gasteiger partial charge in [0, 0.05) is 43.1 Å². The van der Waals surface area contributed by atoms with Gasteiger partial charge in [-0.3, -0.25) is 9.59 Å². The number of carbonyl (C=O) groups excluding carboxylic acids is 2. The lowest BCUT2D eigenvalue weighted by molar-refractivity contribution is -0.132. The van der Waals surface area contributed by atoms with Crippen molar-refractivity contribution in [1.29, 1.82) is 5.26 Å². The molecular formula is C29H34N4O3. The van der Waals surface area contributed by atoms with Crippen LogP contribution in [0.15, 0.2) is 47.2 Å². The number of benzene rings is 1. The van der Waals surface area contributed by atoms with Gasteiger partial charge in [-0.2, -0.15) is 5.26 Å². The average Bonchev–Trinajstić information content (AvgIpc) is 3.21. The van der Waals surface area contributed by atoms with Crippen LogP contribution in [0.2, 0.25) is 0 Å². The summed E-state index contributed by atoms with van der Waals surface area (Å²) in [7, 11) is 0. The smallest absolute Gasteiger partial charge is 0.242 e. The van der Waals surface area contributed by atoms with E-state index < -0.39 is 5.92 Å². The summed E-state index contributed by atoms with van der Waals surface area (Å²) in [6, 6.07) is 8.32. The fraction of sp³-hybridized carbons (Fsp3) is 0.483. The van der Waals surface area contributed by atoms with Crippen molar-refractivity contribution in [1.82, 2.24) is 9.47 Å². The fourth-order valence-electron chi connectivity index (χ4n) is 6.09. The van der Waals surface area contributed by atoms with Gasteiger partial charge in [0.25, 0.3) is 0 Å². The molecule has 1 fully saturated rings. The Morgan fingerprint density at radius 2 is 1.97 bits per heavy atom. The van der Waals surface area contributed by atoms with Crippen LogP contribution in [0.1, 0.15) is 69.9 Å². The number of fused-ring (bicyclic) bond motifs is 1. The van der Waals surface area contributed by atoms with Crippen LogP contribution in [0.25, 0.3) is 10.9 Å². The number of Topliss-reactive ketones (excluding diaryl/α,β-unsaturated/α-hetero) is 1. The molecule has 2 aliphatic heterocycles. The van der Waals surface area contributed by atoms with E-state index in [0.717, 1.165) is 60.8 Å². The molecule has 36 heavy (non-hydrogen) atoms. The molecule has 1 aromatic carbocycles. The van der Waals surface area contributed by atoms with E-state index in [2.05, 4.69) is 19.1 Å². The second-order valence-corrected chi connectivity index (χ2v) is 11.0. The standard InChI is InChI=1S/C29H34N4O3/c1-4-18-9-8-10-19-21(16-33(27(18)19)17-24(35)32-11-6-5-7-12-32)25-20(15-30)28(31)36-23-14-29(2,3)13-22(34)26(23)25/h8-10,16,25H,4-7,11-14,17,31H2,1-3H3. The number of carbonyl (C=O) groups is 2. The zero-order valence-electron chi connectivity index (χ0n) is 21.4. The van der Waals surface area contributed by atoms with Crippen LogP contribution in [0.5, 0.6) is 0 Å². The van der Waals surface area contributed by atoms with Gasteiger partial charge in [-0.25, -0.2) is 0 Å². The number of rotatable bonds is 4. The Kier molecular flexibility index (Phi) is 6.15. The van der Waals surface area contributed by atoms with Gasteiger partial charge in [0.05, 0.1) is 11.4 Å². The first kappa shape index (κ1) is 24.2. The predicted octanol–water partition coefficient (Wildman–Crippen LogP) is 4.67. The molecule has 0 saturated carbocycles. The molecule has 7 heteroatoms. The van der Waals surface area contributed by atoms with Crippen LogP contribution >= 0.6 is 0 Å². The molecule has 1 atom stereocenters. The van der Waals surface area contributed by atoms with Gasteiger partial charge >= 0.3 is 0 Å². The van der Waals surface area contributed by atoms with Crippen molar-refractivity contribution in [3.05, 3.63) is 58.3 Å². The number of allylic oxidation sites excluding steroid dienone is 3. The van der Waals surface area contributed by atoms with Crippen molar-refractivity contribution >= 4 is 22.6 Å². The van der Waals surface area contributed by atoms with Gasteiger partial charge in [0.2, 0.25) is 11.8 Å². The molecule has 1 saturated heterocycles. The van der Waals surface area contributed by atoms with Crippen LogP contribution in [-0.2, 0) is 27.3 Å². The van der Waals surface area contributed by atoms with Gasteiger partial charge in [0.15, 0.2) is 5.78 Å². The van der Waals surface area contributed by atoms with Crippen LogP contribution in [-0.4, -0.2) is 34.2 Å². The zero-order valence-corrected chi connectivity index (χ0v) is 21.4. The second-order valence-electron chi connectivity index (χ2n) is 11.0. The fourth-order valence-corrected chi connectivity index (χ4v) is 6.09. The highest BCUT2D eigenvalue weighted by atomic mass is 16.5. The van der Waals surface area contributed by atoms with Gasteiger partial charge in [-0.05, 0) is 42.2 Å². The molecule has 2 N–H and O–H groups in total. The molecule has 1 unspecified atom stereocenters. The normalized spacial score (nSPS) is 21.9. The number of hydrogen-bond acceptors (Lipinski definition) is 5. The summed E-state index contributed by atoms with van der Waals surface area (Å²) >= 11 is 0. The molecule has 7 nitrogen and oxygen atoms in total. The molecule has 1 aliphatic carbocycles. The summed E-state index contributed by atoms with van der Waals surface area (Å²) in [5.74, 6) is 0.104. The number of ketones is 1. The molecular weight excluding hydrogens is 452 g/mol. The maximum atomic E-state index is 13.5. The molecule has 3 aliphatic rings. The van der Waals surface area contributed by atoms with Crippen LogP contribution in [0.3, 0.4) is 0 Å². The minimum absolute atomic E-state index is 0.0107. The highest BCUT2D eigenvalue weighted by Gasteiger charge is 2.44. The Balaban J connectivity index is 1.67. The van der Waals surface area contributed by atoms with E-state index in [4.69, 9.17) is 10.5 Å². The van der Waals surface area contributed by atoms with Crippen molar-refractivity contribution in [2.24, 2.45) is 11.1 Å².